The topological polar surface area (TPSA) is 66.7 Å². The second-order valence-corrected chi connectivity index (χ2v) is 4.55. The van der Waals surface area contributed by atoms with Crippen LogP contribution in [0.25, 0.3) is 0 Å². The number of nitrogens with zero attached hydrogens (tertiary/aromatic N) is 1. The molecule has 2 N–H and O–H groups in total. The van der Waals surface area contributed by atoms with Crippen molar-refractivity contribution in [1.29, 1.82) is 0 Å². The summed E-state index contributed by atoms with van der Waals surface area (Å²) < 4.78 is 10.3. The van der Waals surface area contributed by atoms with E-state index in [1.807, 2.05) is 0 Å². The number of hydrogen-bond acceptors (Lipinski definition) is 5. The predicted molar refractivity (Wildman–Crippen MR) is 71.1 cm³/mol. The number of carbonyl (C=O) groups excluding carboxylic acids is 1. The van der Waals surface area contributed by atoms with Crippen LogP contribution in [0.2, 0.25) is 0 Å². The highest BCUT2D eigenvalue weighted by molar-refractivity contribution is 5.91. The van der Waals surface area contributed by atoms with Gasteiger partial charge in [0.25, 0.3) is 5.91 Å². The van der Waals surface area contributed by atoms with Crippen LogP contribution in [0.15, 0.2) is 16.5 Å². The number of piperazine rings is 1. The van der Waals surface area contributed by atoms with Crippen LogP contribution >= 0.6 is 0 Å². The standard InChI is InChI=1S/C13H21N3O3/c1-18-10-11-2-3-12(19-11)13(17)15-6-9-16-7-4-14-5-8-16/h2-3,14H,4-10H2,1H3,(H,15,17). The highest BCUT2D eigenvalue weighted by atomic mass is 16.5. The van der Waals surface area contributed by atoms with Gasteiger partial charge in [0, 0.05) is 46.4 Å². The average molecular weight is 267 g/mol. The van der Waals surface area contributed by atoms with Crippen molar-refractivity contribution in [3.63, 3.8) is 0 Å². The molecular formula is C13H21N3O3. The lowest BCUT2D eigenvalue weighted by Crippen LogP contribution is -2.46. The number of hydrogen-bond donors (Lipinski definition) is 2. The molecule has 0 aromatic carbocycles. The third-order valence-electron chi connectivity index (χ3n) is 3.10. The molecule has 1 aliphatic heterocycles. The molecule has 106 valence electrons. The second kappa shape index (κ2) is 7.28. The van der Waals surface area contributed by atoms with E-state index in [4.69, 9.17) is 9.15 Å². The van der Waals surface area contributed by atoms with Crippen molar-refractivity contribution < 1.29 is 13.9 Å². The molecule has 1 aromatic rings. The van der Waals surface area contributed by atoms with Gasteiger partial charge < -0.3 is 19.8 Å². The molecule has 0 saturated carbocycles. The van der Waals surface area contributed by atoms with Crippen molar-refractivity contribution in [2.75, 3.05) is 46.4 Å². The van der Waals surface area contributed by atoms with Crippen LogP contribution in [-0.2, 0) is 11.3 Å². The minimum absolute atomic E-state index is 0.169. The highest BCUT2D eigenvalue weighted by Crippen LogP contribution is 2.08. The van der Waals surface area contributed by atoms with E-state index in [1.54, 1.807) is 19.2 Å². The van der Waals surface area contributed by atoms with Gasteiger partial charge in [-0.25, -0.2) is 0 Å². The van der Waals surface area contributed by atoms with Gasteiger partial charge in [0.15, 0.2) is 5.76 Å². The minimum atomic E-state index is -0.169. The lowest BCUT2D eigenvalue weighted by atomic mass is 10.3. The maximum absolute atomic E-state index is 11.8. The molecule has 1 fully saturated rings. The third kappa shape index (κ3) is 4.34. The molecule has 1 aliphatic rings. The average Bonchev–Trinajstić information content (AvgIpc) is 2.89. The van der Waals surface area contributed by atoms with Gasteiger partial charge in [-0.2, -0.15) is 0 Å². The summed E-state index contributed by atoms with van der Waals surface area (Å²) in [5.74, 6) is 0.833. The Kier molecular flexibility index (Phi) is 5.38. The summed E-state index contributed by atoms with van der Waals surface area (Å²) in [5.41, 5.74) is 0. The van der Waals surface area contributed by atoms with Gasteiger partial charge in [-0.3, -0.25) is 9.69 Å². The number of rotatable bonds is 6. The smallest absolute Gasteiger partial charge is 0.287 e. The van der Waals surface area contributed by atoms with Gasteiger partial charge in [-0.05, 0) is 12.1 Å². The fourth-order valence-electron chi connectivity index (χ4n) is 2.07. The Morgan fingerprint density at radius 3 is 3.00 bits per heavy atom. The molecule has 0 aliphatic carbocycles. The van der Waals surface area contributed by atoms with Crippen LogP contribution in [0, 0.1) is 0 Å². The summed E-state index contributed by atoms with van der Waals surface area (Å²) in [6.07, 6.45) is 0. The van der Waals surface area contributed by atoms with Crippen LogP contribution < -0.4 is 10.6 Å². The first-order valence-electron chi connectivity index (χ1n) is 6.58. The maximum Gasteiger partial charge on any atom is 0.287 e. The highest BCUT2D eigenvalue weighted by Gasteiger charge is 2.12. The van der Waals surface area contributed by atoms with E-state index in [9.17, 15) is 4.79 Å². The van der Waals surface area contributed by atoms with E-state index < -0.39 is 0 Å². The molecule has 0 bridgehead atoms. The molecule has 6 heteroatoms. The molecule has 0 atom stereocenters. The van der Waals surface area contributed by atoms with Crippen molar-refractivity contribution in [3.8, 4) is 0 Å². The van der Waals surface area contributed by atoms with E-state index in [0.29, 0.717) is 24.7 Å². The zero-order valence-corrected chi connectivity index (χ0v) is 11.3. The maximum atomic E-state index is 11.8. The van der Waals surface area contributed by atoms with E-state index in [1.165, 1.54) is 0 Å². The van der Waals surface area contributed by atoms with Crippen molar-refractivity contribution in [2.45, 2.75) is 6.61 Å². The largest absolute Gasteiger partial charge is 0.453 e. The minimum Gasteiger partial charge on any atom is -0.453 e. The van der Waals surface area contributed by atoms with Crippen molar-refractivity contribution in [3.05, 3.63) is 23.7 Å². The number of furan rings is 1. The third-order valence-corrected chi connectivity index (χ3v) is 3.10. The summed E-state index contributed by atoms with van der Waals surface area (Å²) in [4.78, 5) is 14.2. The molecule has 19 heavy (non-hydrogen) atoms. The monoisotopic (exact) mass is 267 g/mol. The summed E-state index contributed by atoms with van der Waals surface area (Å²) in [7, 11) is 1.59. The van der Waals surface area contributed by atoms with Crippen LogP contribution in [0.3, 0.4) is 0 Å². The zero-order valence-electron chi connectivity index (χ0n) is 11.3. The van der Waals surface area contributed by atoms with Gasteiger partial charge in [0.1, 0.15) is 12.4 Å². The van der Waals surface area contributed by atoms with Crippen LogP contribution in [0.5, 0.6) is 0 Å². The fraction of sp³-hybridized carbons (Fsp3) is 0.615. The normalized spacial score (nSPS) is 16.5. The summed E-state index contributed by atoms with van der Waals surface area (Å²) in [6, 6.07) is 3.43. The van der Waals surface area contributed by atoms with E-state index in [2.05, 4.69) is 15.5 Å². The van der Waals surface area contributed by atoms with E-state index in [0.717, 1.165) is 32.7 Å². The molecule has 0 spiro atoms. The molecule has 2 rings (SSSR count). The van der Waals surface area contributed by atoms with Gasteiger partial charge >= 0.3 is 0 Å². The van der Waals surface area contributed by atoms with Crippen LogP contribution in [0.1, 0.15) is 16.3 Å². The van der Waals surface area contributed by atoms with Gasteiger partial charge in [-0.1, -0.05) is 0 Å². The fourth-order valence-corrected chi connectivity index (χ4v) is 2.07. The van der Waals surface area contributed by atoms with Gasteiger partial charge in [0.2, 0.25) is 0 Å². The molecule has 6 nitrogen and oxygen atoms in total. The van der Waals surface area contributed by atoms with Gasteiger partial charge in [0.05, 0.1) is 0 Å². The number of methoxy groups -OCH3 is 1. The summed E-state index contributed by atoms with van der Waals surface area (Å²) in [6.45, 7) is 6.01. The molecule has 1 aromatic heterocycles. The van der Waals surface area contributed by atoms with E-state index >= 15 is 0 Å². The number of carbonyl (C=O) groups is 1. The Hall–Kier alpha value is -1.37. The SMILES string of the molecule is COCc1ccc(C(=O)NCCN2CCNCC2)o1. The van der Waals surface area contributed by atoms with Crippen molar-refractivity contribution >= 4 is 5.91 Å². The quantitative estimate of drug-likeness (QED) is 0.763. The first-order valence-corrected chi connectivity index (χ1v) is 6.58. The number of nitrogens with one attached hydrogen (secondary N) is 2. The van der Waals surface area contributed by atoms with Crippen molar-refractivity contribution in [1.82, 2.24) is 15.5 Å². The molecule has 1 saturated heterocycles. The summed E-state index contributed by atoms with van der Waals surface area (Å²) in [5, 5.41) is 6.16. The Bertz CT molecular complexity index is 400. The van der Waals surface area contributed by atoms with Crippen LogP contribution in [0.4, 0.5) is 0 Å². The lowest BCUT2D eigenvalue weighted by Gasteiger charge is -2.26. The van der Waals surface area contributed by atoms with Gasteiger partial charge in [-0.15, -0.1) is 0 Å². The van der Waals surface area contributed by atoms with E-state index in [-0.39, 0.29) is 5.91 Å². The Morgan fingerprint density at radius 1 is 1.47 bits per heavy atom. The molecule has 1 amide bonds. The van der Waals surface area contributed by atoms with Crippen molar-refractivity contribution in [2.24, 2.45) is 0 Å². The Labute approximate surface area is 113 Å². The number of ether oxygens (including phenoxy) is 1. The number of amides is 1. The molecule has 2 heterocycles. The lowest BCUT2D eigenvalue weighted by molar-refractivity contribution is 0.0911. The molecular weight excluding hydrogens is 246 g/mol. The summed E-state index contributed by atoms with van der Waals surface area (Å²) >= 11 is 0. The predicted octanol–water partition coefficient (Wildman–Crippen LogP) is 0.0610. The second-order valence-electron chi connectivity index (χ2n) is 4.55. The zero-order chi connectivity index (χ0) is 13.5. The molecule has 0 unspecified atom stereocenters. The molecule has 0 radical (unpaired) electrons. The first-order chi connectivity index (χ1) is 9.29. The van der Waals surface area contributed by atoms with Crippen LogP contribution in [-0.4, -0.2) is 57.2 Å². The first kappa shape index (κ1) is 14.0. The Balaban J connectivity index is 1.70. The Morgan fingerprint density at radius 2 is 2.26 bits per heavy atom.